The minimum atomic E-state index is -0.581. The first-order chi connectivity index (χ1) is 14.4. The molecule has 1 heterocycles. The van der Waals surface area contributed by atoms with E-state index < -0.39 is 42.3 Å². The largest absolute Gasteiger partial charge is 0.135 e. The predicted molar refractivity (Wildman–Crippen MR) is 89.5 cm³/mol. The second-order valence-electron chi connectivity index (χ2n) is 4.26. The minimum absolute atomic E-state index is 0.0777. The van der Waals surface area contributed by atoms with Crippen LogP contribution < -0.4 is 0 Å². The average molecular weight is 285 g/mol. The van der Waals surface area contributed by atoms with Gasteiger partial charge in [0.15, 0.2) is 0 Å². The summed E-state index contributed by atoms with van der Waals surface area (Å²) < 4.78 is 90.5. The van der Waals surface area contributed by atoms with E-state index in [1.807, 2.05) is 0 Å². The molecule has 0 unspecified atom stereocenters. The maximum atomic E-state index is 8.45. The molecule has 1 heteroatoms. The number of fused-ring (bicyclic) bond motifs is 3. The van der Waals surface area contributed by atoms with Crippen LogP contribution >= 0.6 is 11.3 Å². The lowest BCUT2D eigenvalue weighted by Crippen LogP contribution is -1.77. The van der Waals surface area contributed by atoms with Crippen molar-refractivity contribution < 1.29 is 15.1 Å². The highest BCUT2D eigenvalue weighted by Gasteiger charge is 2.10. The van der Waals surface area contributed by atoms with Crippen LogP contribution in [0.15, 0.2) is 66.5 Å². The molecular weight excluding hydrogens is 260 g/mol. The Bertz CT molecular complexity index is 1420. The molecule has 0 aliphatic rings. The zero-order valence-corrected chi connectivity index (χ0v) is 11.2. The van der Waals surface area contributed by atoms with Crippen LogP contribution in [0.4, 0.5) is 0 Å². The molecule has 0 aliphatic heterocycles. The Labute approximate surface area is 137 Å². The SMILES string of the molecule is [2H]c1c([2H])c([2H])c(-c2c([2H])c([2H])c([2H])c3c2sc2c([2H])c([2H])c([2H])c(C)c23)c([2H])c1[2H]. The van der Waals surface area contributed by atoms with E-state index in [0.29, 0.717) is 15.6 Å². The first-order valence-corrected chi connectivity index (χ1v) is 6.72. The Morgan fingerprint density at radius 1 is 0.850 bits per heavy atom. The second kappa shape index (κ2) is 4.46. The number of thiophene rings is 1. The van der Waals surface area contributed by atoms with Crippen LogP contribution in [0.25, 0.3) is 31.3 Å². The second-order valence-corrected chi connectivity index (χ2v) is 5.28. The number of hydrogen-bond acceptors (Lipinski definition) is 1. The van der Waals surface area contributed by atoms with E-state index in [1.165, 1.54) is 0 Å². The summed E-state index contributed by atoms with van der Waals surface area (Å²) in [5.74, 6) is 0. The summed E-state index contributed by atoms with van der Waals surface area (Å²) in [6, 6.07) is -4.73. The standard InChI is InChI=1S/C19H14S/c1-13-7-5-12-17-18(13)16-11-6-10-15(19(16)20-17)14-8-3-2-4-9-14/h2-12H,1H3/i2D,3D,4D,5D,6D,7D,8D,9D,10D,11D,12D. The molecule has 0 radical (unpaired) electrons. The molecule has 0 saturated heterocycles. The van der Waals surface area contributed by atoms with Crippen molar-refractivity contribution in [2.45, 2.75) is 6.92 Å². The van der Waals surface area contributed by atoms with Gasteiger partial charge in [-0.05, 0) is 29.7 Å². The summed E-state index contributed by atoms with van der Waals surface area (Å²) in [6.07, 6.45) is 0. The first-order valence-electron chi connectivity index (χ1n) is 11.4. The molecule has 20 heavy (non-hydrogen) atoms. The van der Waals surface area contributed by atoms with E-state index in [9.17, 15) is 0 Å². The highest BCUT2D eigenvalue weighted by Crippen LogP contribution is 2.40. The molecule has 0 spiro atoms. The van der Waals surface area contributed by atoms with Crippen molar-refractivity contribution in [3.63, 3.8) is 0 Å². The van der Waals surface area contributed by atoms with Crippen LogP contribution in [0.5, 0.6) is 0 Å². The third-order valence-corrected chi connectivity index (χ3v) is 4.18. The summed E-state index contributed by atoms with van der Waals surface area (Å²) in [4.78, 5) is 0. The van der Waals surface area contributed by atoms with Crippen LogP contribution in [0, 0.1) is 6.92 Å². The van der Waals surface area contributed by atoms with Gasteiger partial charge in [-0.2, -0.15) is 0 Å². The van der Waals surface area contributed by atoms with Gasteiger partial charge in [0.1, 0.15) is 0 Å². The molecule has 96 valence electrons. The lowest BCUT2D eigenvalue weighted by atomic mass is 10.0. The maximum absolute atomic E-state index is 8.45. The molecule has 4 rings (SSSR count). The van der Waals surface area contributed by atoms with Crippen molar-refractivity contribution >= 4 is 31.5 Å². The lowest BCUT2D eigenvalue weighted by molar-refractivity contribution is 1.55. The van der Waals surface area contributed by atoms with Crippen LogP contribution in [0.2, 0.25) is 0 Å². The molecule has 0 saturated carbocycles. The van der Waals surface area contributed by atoms with E-state index in [2.05, 4.69) is 0 Å². The fraction of sp³-hybridized carbons (Fsp3) is 0.0526. The highest BCUT2D eigenvalue weighted by atomic mass is 32.1. The molecule has 0 bridgehead atoms. The molecule has 1 aromatic heterocycles. The zero-order chi connectivity index (χ0) is 23.1. The first kappa shape index (κ1) is 5.01. The van der Waals surface area contributed by atoms with Crippen molar-refractivity contribution in [3.05, 3.63) is 72.0 Å². The Morgan fingerprint density at radius 2 is 1.65 bits per heavy atom. The van der Waals surface area contributed by atoms with Gasteiger partial charge in [-0.1, -0.05) is 60.4 Å². The molecular formula is C19H14S. The smallest absolute Gasteiger partial charge is 0.0638 e. The number of benzene rings is 3. The van der Waals surface area contributed by atoms with Crippen molar-refractivity contribution in [1.82, 2.24) is 0 Å². The Balaban J connectivity index is 2.36. The number of rotatable bonds is 1. The van der Waals surface area contributed by atoms with E-state index in [-0.39, 0.29) is 45.4 Å². The van der Waals surface area contributed by atoms with Gasteiger partial charge in [-0.25, -0.2) is 0 Å². The predicted octanol–water partition coefficient (Wildman–Crippen LogP) is 6.03. The van der Waals surface area contributed by atoms with Crippen LogP contribution in [-0.4, -0.2) is 0 Å². The van der Waals surface area contributed by atoms with Crippen LogP contribution in [0.1, 0.15) is 20.6 Å². The third-order valence-electron chi connectivity index (χ3n) is 3.06. The Kier molecular flexibility index (Phi) is 1.12. The van der Waals surface area contributed by atoms with Gasteiger partial charge >= 0.3 is 0 Å². The summed E-state index contributed by atoms with van der Waals surface area (Å²) in [6.45, 7) is 1.58. The molecule has 0 N–H and O–H groups in total. The summed E-state index contributed by atoms with van der Waals surface area (Å²) in [7, 11) is 0. The average Bonchev–Trinajstić information content (AvgIpc) is 3.14. The molecule has 0 nitrogen and oxygen atoms in total. The van der Waals surface area contributed by atoms with Crippen molar-refractivity contribution in [2.24, 2.45) is 0 Å². The quantitative estimate of drug-likeness (QED) is 0.400. The maximum Gasteiger partial charge on any atom is 0.0638 e. The monoisotopic (exact) mass is 285 g/mol. The fourth-order valence-corrected chi connectivity index (χ4v) is 3.35. The molecule has 0 atom stereocenters. The molecule has 4 aromatic rings. The third kappa shape index (κ3) is 1.67. The normalized spacial score (nSPS) is 18.9. The highest BCUT2D eigenvalue weighted by molar-refractivity contribution is 7.26. The molecule has 0 fully saturated rings. The fourth-order valence-electron chi connectivity index (χ4n) is 2.18. The van der Waals surface area contributed by atoms with E-state index >= 15 is 0 Å². The van der Waals surface area contributed by atoms with Gasteiger partial charge < -0.3 is 0 Å². The lowest BCUT2D eigenvalue weighted by Gasteiger charge is -2.03. The van der Waals surface area contributed by atoms with Crippen molar-refractivity contribution in [2.75, 3.05) is 0 Å². The van der Waals surface area contributed by atoms with Crippen LogP contribution in [0.3, 0.4) is 0 Å². The van der Waals surface area contributed by atoms with Gasteiger partial charge in [0.05, 0.1) is 15.1 Å². The van der Waals surface area contributed by atoms with Gasteiger partial charge in [0, 0.05) is 20.2 Å². The summed E-state index contributed by atoms with van der Waals surface area (Å²) >= 11 is 0.967. The van der Waals surface area contributed by atoms with Crippen molar-refractivity contribution in [1.29, 1.82) is 0 Å². The van der Waals surface area contributed by atoms with E-state index in [1.54, 1.807) is 6.92 Å². The van der Waals surface area contributed by atoms with Crippen LogP contribution in [-0.2, 0) is 0 Å². The molecule has 0 amide bonds. The Hall–Kier alpha value is -2.12. The minimum Gasteiger partial charge on any atom is -0.135 e. The zero-order valence-electron chi connectivity index (χ0n) is 21.4. The topological polar surface area (TPSA) is 0 Å². The number of hydrogen-bond donors (Lipinski definition) is 0. The number of aryl methyl sites for hydroxylation is 1. The molecule has 3 aromatic carbocycles. The molecule has 0 aliphatic carbocycles. The van der Waals surface area contributed by atoms with Gasteiger partial charge in [0.25, 0.3) is 0 Å². The van der Waals surface area contributed by atoms with Gasteiger partial charge in [0.2, 0.25) is 0 Å². The van der Waals surface area contributed by atoms with Gasteiger partial charge in [-0.3, -0.25) is 0 Å². The van der Waals surface area contributed by atoms with Gasteiger partial charge in [-0.15, -0.1) is 11.3 Å². The summed E-state index contributed by atoms with van der Waals surface area (Å²) in [5, 5.41) is 0.528. The van der Waals surface area contributed by atoms with Crippen molar-refractivity contribution in [3.8, 4) is 11.1 Å². The Morgan fingerprint density at radius 3 is 2.50 bits per heavy atom. The van der Waals surface area contributed by atoms with E-state index in [0.717, 1.165) is 11.3 Å². The van der Waals surface area contributed by atoms with E-state index in [4.69, 9.17) is 15.1 Å². The summed E-state index contributed by atoms with van der Waals surface area (Å²) in [5.41, 5.74) is 0.0217.